The number of nitrogens with one attached hydrogen (secondary N) is 2. The quantitative estimate of drug-likeness (QED) is 0.625. The first kappa shape index (κ1) is 15.1. The minimum atomic E-state index is -1.05. The van der Waals surface area contributed by atoms with Gasteiger partial charge in [-0.25, -0.2) is 4.79 Å². The van der Waals surface area contributed by atoms with Crippen molar-refractivity contribution >= 4 is 17.3 Å². The van der Waals surface area contributed by atoms with E-state index in [9.17, 15) is 28.9 Å². The first-order valence-corrected chi connectivity index (χ1v) is 5.85. The minimum Gasteiger partial charge on any atom is -0.322 e. The van der Waals surface area contributed by atoms with Crippen LogP contribution in [-0.2, 0) is 7.05 Å². The number of nitro groups is 1. The Labute approximate surface area is 121 Å². The van der Waals surface area contributed by atoms with Gasteiger partial charge < -0.3 is 10.3 Å². The van der Waals surface area contributed by atoms with Crippen molar-refractivity contribution in [2.24, 2.45) is 7.05 Å². The molecule has 1 amide bonds. The molecule has 0 spiro atoms. The number of nitro benzene ring substituents is 1. The lowest BCUT2D eigenvalue weighted by atomic mass is 10.2. The summed E-state index contributed by atoms with van der Waals surface area (Å²) in [5.41, 5.74) is -2.77. The zero-order chi connectivity index (χ0) is 16.4. The Hall–Kier alpha value is -3.30. The van der Waals surface area contributed by atoms with Gasteiger partial charge in [0.2, 0.25) is 5.82 Å². The van der Waals surface area contributed by atoms with Gasteiger partial charge in [-0.3, -0.25) is 24.3 Å². The standard InChI is InChI=1S/C12H9FN4O5/c1-16-11(19)7(5-14-12(16)20)10(18)15-6-2-3-8(13)9(4-6)17(21)22/h2-5H,1H3,(H,14,20)(H,15,18). The molecule has 0 fully saturated rings. The predicted molar refractivity (Wildman–Crippen MR) is 73.3 cm³/mol. The summed E-state index contributed by atoms with van der Waals surface area (Å²) in [6, 6.07) is 2.75. The van der Waals surface area contributed by atoms with Crippen LogP contribution in [0.25, 0.3) is 0 Å². The van der Waals surface area contributed by atoms with Crippen molar-refractivity contribution in [3.05, 3.63) is 66.7 Å². The molecule has 0 saturated carbocycles. The highest BCUT2D eigenvalue weighted by Crippen LogP contribution is 2.21. The van der Waals surface area contributed by atoms with Crippen molar-refractivity contribution in [2.75, 3.05) is 5.32 Å². The van der Waals surface area contributed by atoms with Gasteiger partial charge in [-0.1, -0.05) is 0 Å². The summed E-state index contributed by atoms with van der Waals surface area (Å²) >= 11 is 0. The van der Waals surface area contributed by atoms with E-state index in [0.29, 0.717) is 4.57 Å². The highest BCUT2D eigenvalue weighted by atomic mass is 19.1. The van der Waals surface area contributed by atoms with Crippen LogP contribution in [0.5, 0.6) is 0 Å². The first-order valence-electron chi connectivity index (χ1n) is 5.85. The van der Waals surface area contributed by atoms with Crippen molar-refractivity contribution in [3.8, 4) is 0 Å². The zero-order valence-corrected chi connectivity index (χ0v) is 11.1. The van der Waals surface area contributed by atoms with Crippen LogP contribution < -0.4 is 16.6 Å². The molecule has 114 valence electrons. The van der Waals surface area contributed by atoms with E-state index < -0.39 is 33.6 Å². The van der Waals surface area contributed by atoms with Crippen LogP contribution in [0, 0.1) is 15.9 Å². The van der Waals surface area contributed by atoms with Crippen molar-refractivity contribution in [1.82, 2.24) is 9.55 Å². The topological polar surface area (TPSA) is 127 Å². The molecular formula is C12H9FN4O5. The number of nitrogens with zero attached hydrogens (tertiary/aromatic N) is 2. The first-order chi connectivity index (χ1) is 10.3. The van der Waals surface area contributed by atoms with Gasteiger partial charge in [0.05, 0.1) is 4.92 Å². The monoisotopic (exact) mass is 308 g/mol. The second kappa shape index (κ2) is 5.60. The molecule has 0 radical (unpaired) electrons. The number of carbonyl (C=O) groups excluding carboxylic acids is 1. The molecule has 0 aliphatic carbocycles. The van der Waals surface area contributed by atoms with Crippen LogP contribution in [0.15, 0.2) is 34.0 Å². The molecular weight excluding hydrogens is 299 g/mol. The normalized spacial score (nSPS) is 10.3. The summed E-state index contributed by atoms with van der Waals surface area (Å²) in [7, 11) is 1.18. The molecule has 0 saturated heterocycles. The van der Waals surface area contributed by atoms with E-state index in [2.05, 4.69) is 10.3 Å². The largest absolute Gasteiger partial charge is 0.328 e. The Kier molecular flexibility index (Phi) is 3.84. The lowest BCUT2D eigenvalue weighted by Gasteiger charge is -2.05. The van der Waals surface area contributed by atoms with E-state index in [0.717, 1.165) is 24.4 Å². The number of halogens is 1. The van der Waals surface area contributed by atoms with Crippen molar-refractivity contribution in [2.45, 2.75) is 0 Å². The summed E-state index contributed by atoms with van der Waals surface area (Å²) in [5, 5.41) is 12.8. The smallest absolute Gasteiger partial charge is 0.322 e. The maximum atomic E-state index is 13.2. The highest BCUT2D eigenvalue weighted by Gasteiger charge is 2.17. The second-order valence-electron chi connectivity index (χ2n) is 4.25. The van der Waals surface area contributed by atoms with Gasteiger partial charge in [-0.15, -0.1) is 0 Å². The van der Waals surface area contributed by atoms with Crippen LogP contribution >= 0.6 is 0 Å². The fraction of sp³-hybridized carbons (Fsp3) is 0.0833. The van der Waals surface area contributed by atoms with Crippen LogP contribution in [0.4, 0.5) is 15.8 Å². The van der Waals surface area contributed by atoms with Gasteiger partial charge in [-0.2, -0.15) is 4.39 Å². The number of benzene rings is 1. The molecule has 0 unspecified atom stereocenters. The number of aromatic amines is 1. The molecule has 0 atom stereocenters. The Bertz CT molecular complexity index is 886. The van der Waals surface area contributed by atoms with E-state index in [1.807, 2.05) is 0 Å². The van der Waals surface area contributed by atoms with E-state index in [4.69, 9.17) is 0 Å². The molecule has 0 aliphatic heterocycles. The molecule has 0 bridgehead atoms. The maximum absolute atomic E-state index is 13.2. The third-order valence-electron chi connectivity index (χ3n) is 2.82. The lowest BCUT2D eigenvalue weighted by Crippen LogP contribution is -2.37. The van der Waals surface area contributed by atoms with Crippen LogP contribution in [-0.4, -0.2) is 20.4 Å². The average Bonchev–Trinajstić information content (AvgIpc) is 2.46. The Morgan fingerprint density at radius 3 is 2.73 bits per heavy atom. The number of amides is 1. The Morgan fingerprint density at radius 1 is 1.41 bits per heavy atom. The Balaban J connectivity index is 2.36. The third-order valence-corrected chi connectivity index (χ3v) is 2.82. The molecule has 9 nitrogen and oxygen atoms in total. The molecule has 1 aromatic carbocycles. The number of hydrogen-bond acceptors (Lipinski definition) is 5. The lowest BCUT2D eigenvalue weighted by molar-refractivity contribution is -0.387. The van der Waals surface area contributed by atoms with Gasteiger partial charge in [0.15, 0.2) is 0 Å². The van der Waals surface area contributed by atoms with Gasteiger partial charge in [0.25, 0.3) is 11.5 Å². The number of anilines is 1. The van der Waals surface area contributed by atoms with Gasteiger partial charge in [0.1, 0.15) is 5.56 Å². The van der Waals surface area contributed by atoms with Crippen molar-refractivity contribution in [3.63, 3.8) is 0 Å². The fourth-order valence-electron chi connectivity index (χ4n) is 1.66. The van der Waals surface area contributed by atoms with E-state index in [1.54, 1.807) is 0 Å². The minimum absolute atomic E-state index is 0.0636. The van der Waals surface area contributed by atoms with Crippen LogP contribution in [0.2, 0.25) is 0 Å². The van der Waals surface area contributed by atoms with Crippen molar-refractivity contribution in [1.29, 1.82) is 0 Å². The summed E-state index contributed by atoms with van der Waals surface area (Å²) in [6.07, 6.45) is 0.929. The number of aromatic nitrogens is 2. The van der Waals surface area contributed by atoms with E-state index >= 15 is 0 Å². The van der Waals surface area contributed by atoms with Gasteiger partial charge >= 0.3 is 11.4 Å². The molecule has 2 rings (SSSR count). The summed E-state index contributed by atoms with van der Waals surface area (Å²) < 4.78 is 13.9. The Morgan fingerprint density at radius 2 is 2.09 bits per heavy atom. The van der Waals surface area contributed by atoms with E-state index in [-0.39, 0.29) is 11.3 Å². The molecule has 2 aromatic rings. The number of H-pyrrole nitrogens is 1. The SMILES string of the molecule is Cn1c(=O)[nH]cc(C(=O)Nc2ccc(F)c([N+](=O)[O-])c2)c1=O. The van der Waals surface area contributed by atoms with Crippen LogP contribution in [0.3, 0.4) is 0 Å². The molecule has 1 aromatic heterocycles. The molecule has 0 aliphatic rings. The molecule has 1 heterocycles. The summed E-state index contributed by atoms with van der Waals surface area (Å²) in [6.45, 7) is 0. The molecule has 22 heavy (non-hydrogen) atoms. The fourth-order valence-corrected chi connectivity index (χ4v) is 1.66. The molecule has 2 N–H and O–H groups in total. The third kappa shape index (κ3) is 2.75. The zero-order valence-electron chi connectivity index (χ0n) is 11.1. The van der Waals surface area contributed by atoms with Crippen LogP contribution in [0.1, 0.15) is 10.4 Å². The number of rotatable bonds is 3. The summed E-state index contributed by atoms with van der Waals surface area (Å²) in [5.74, 6) is -1.94. The number of hydrogen-bond donors (Lipinski definition) is 2. The van der Waals surface area contributed by atoms with E-state index in [1.165, 1.54) is 7.05 Å². The second-order valence-corrected chi connectivity index (χ2v) is 4.25. The highest BCUT2D eigenvalue weighted by molar-refractivity contribution is 6.03. The maximum Gasteiger partial charge on any atom is 0.328 e. The molecule has 10 heteroatoms. The summed E-state index contributed by atoms with van der Waals surface area (Å²) in [4.78, 5) is 46.8. The van der Waals surface area contributed by atoms with Gasteiger partial charge in [0, 0.05) is 25.0 Å². The van der Waals surface area contributed by atoms with Crippen molar-refractivity contribution < 1.29 is 14.1 Å². The predicted octanol–water partition coefficient (Wildman–Crippen LogP) is 0.373. The van der Waals surface area contributed by atoms with Gasteiger partial charge in [-0.05, 0) is 12.1 Å². The average molecular weight is 308 g/mol. The number of carbonyl (C=O) groups is 1.